The number of nitrogens with two attached hydrogens (primary N) is 1. The molecule has 3 rings (SSSR count). The van der Waals surface area contributed by atoms with Crippen molar-refractivity contribution >= 4 is 5.96 Å². The summed E-state index contributed by atoms with van der Waals surface area (Å²) in [5, 5.41) is 0. The zero-order valence-corrected chi connectivity index (χ0v) is 11.8. The molecule has 4 nitrogen and oxygen atoms in total. The summed E-state index contributed by atoms with van der Waals surface area (Å²) in [7, 11) is 4.19. The number of rotatable bonds is 3. The molecule has 4 heteroatoms. The van der Waals surface area contributed by atoms with Crippen molar-refractivity contribution in [2.45, 2.75) is 18.4 Å². The second-order valence-corrected chi connectivity index (χ2v) is 5.98. The van der Waals surface area contributed by atoms with Crippen LogP contribution in [0.25, 0.3) is 0 Å². The molecule has 2 N–H and O–H groups in total. The SMILES string of the molecule is CN(C)CCN1C(N)=NCC12Cc1ccccc1C2. The normalized spacial score (nSPS) is 20.2. The minimum Gasteiger partial charge on any atom is -0.370 e. The highest BCUT2D eigenvalue weighted by Gasteiger charge is 2.46. The van der Waals surface area contributed by atoms with Gasteiger partial charge in [-0.25, -0.2) is 0 Å². The number of guanidine groups is 1. The van der Waals surface area contributed by atoms with Crippen LogP contribution in [-0.2, 0) is 12.8 Å². The molecule has 1 spiro atoms. The maximum atomic E-state index is 6.11. The van der Waals surface area contributed by atoms with Crippen LogP contribution in [-0.4, -0.2) is 55.0 Å². The number of aliphatic imine (C=N–C) groups is 1. The van der Waals surface area contributed by atoms with Crippen LogP contribution in [0, 0.1) is 0 Å². The summed E-state index contributed by atoms with van der Waals surface area (Å²) in [4.78, 5) is 9.04. The zero-order valence-electron chi connectivity index (χ0n) is 11.8. The Morgan fingerprint density at radius 1 is 1.26 bits per heavy atom. The van der Waals surface area contributed by atoms with E-state index >= 15 is 0 Å². The Balaban J connectivity index is 1.82. The van der Waals surface area contributed by atoms with Gasteiger partial charge in [0, 0.05) is 13.1 Å². The van der Waals surface area contributed by atoms with E-state index in [0.29, 0.717) is 0 Å². The largest absolute Gasteiger partial charge is 0.370 e. The first-order chi connectivity index (χ1) is 9.11. The Bertz CT molecular complexity index is 482. The molecule has 0 radical (unpaired) electrons. The van der Waals surface area contributed by atoms with E-state index in [-0.39, 0.29) is 5.54 Å². The number of likely N-dealkylation sites (N-methyl/N-ethyl adjacent to an activating group) is 1. The molecule has 1 aromatic rings. The lowest BCUT2D eigenvalue weighted by Gasteiger charge is -2.36. The van der Waals surface area contributed by atoms with E-state index in [0.717, 1.165) is 38.4 Å². The van der Waals surface area contributed by atoms with Crippen molar-refractivity contribution in [2.75, 3.05) is 33.7 Å². The van der Waals surface area contributed by atoms with Gasteiger partial charge in [-0.3, -0.25) is 4.99 Å². The van der Waals surface area contributed by atoms with E-state index in [4.69, 9.17) is 5.73 Å². The van der Waals surface area contributed by atoms with Crippen LogP contribution in [0.15, 0.2) is 29.3 Å². The standard InChI is InChI=1S/C15H22N4/c1-18(2)7-8-19-14(16)17-11-15(19)9-12-5-3-4-6-13(12)10-15/h3-6H,7-11H2,1-2H3,(H2,16,17). The molecule has 0 aromatic heterocycles. The lowest BCUT2D eigenvalue weighted by atomic mass is 9.94. The monoisotopic (exact) mass is 258 g/mol. The van der Waals surface area contributed by atoms with Crippen molar-refractivity contribution < 1.29 is 0 Å². The molecule has 0 saturated carbocycles. The van der Waals surface area contributed by atoms with Crippen molar-refractivity contribution in [3.8, 4) is 0 Å². The van der Waals surface area contributed by atoms with Crippen LogP contribution in [0.5, 0.6) is 0 Å². The van der Waals surface area contributed by atoms with E-state index < -0.39 is 0 Å². The molecule has 19 heavy (non-hydrogen) atoms. The lowest BCUT2D eigenvalue weighted by molar-refractivity contribution is 0.194. The van der Waals surface area contributed by atoms with Crippen LogP contribution in [0.2, 0.25) is 0 Å². The third kappa shape index (κ3) is 2.10. The molecule has 2 aliphatic rings. The Morgan fingerprint density at radius 3 is 2.47 bits per heavy atom. The Morgan fingerprint density at radius 2 is 1.89 bits per heavy atom. The van der Waals surface area contributed by atoms with Gasteiger partial charge in [0.2, 0.25) is 0 Å². The minimum atomic E-state index is 0.101. The molecule has 1 aliphatic carbocycles. The van der Waals surface area contributed by atoms with E-state index in [1.54, 1.807) is 0 Å². The number of hydrogen-bond donors (Lipinski definition) is 1. The second-order valence-electron chi connectivity index (χ2n) is 5.98. The Kier molecular flexibility index (Phi) is 2.97. The quantitative estimate of drug-likeness (QED) is 0.869. The molecule has 1 aromatic carbocycles. The average Bonchev–Trinajstić information content (AvgIpc) is 2.88. The summed E-state index contributed by atoms with van der Waals surface area (Å²) in [6.07, 6.45) is 2.14. The molecule has 1 aliphatic heterocycles. The van der Waals surface area contributed by atoms with Gasteiger partial charge in [0.05, 0.1) is 12.1 Å². The van der Waals surface area contributed by atoms with Gasteiger partial charge in [0.1, 0.15) is 0 Å². The van der Waals surface area contributed by atoms with Crippen molar-refractivity contribution in [3.05, 3.63) is 35.4 Å². The van der Waals surface area contributed by atoms with Gasteiger partial charge in [-0.15, -0.1) is 0 Å². The van der Waals surface area contributed by atoms with Crippen LogP contribution < -0.4 is 5.73 Å². The summed E-state index contributed by atoms with van der Waals surface area (Å²) >= 11 is 0. The summed E-state index contributed by atoms with van der Waals surface area (Å²) in [6, 6.07) is 8.73. The number of hydrogen-bond acceptors (Lipinski definition) is 4. The van der Waals surface area contributed by atoms with Gasteiger partial charge in [-0.1, -0.05) is 24.3 Å². The van der Waals surface area contributed by atoms with E-state index in [1.165, 1.54) is 11.1 Å². The van der Waals surface area contributed by atoms with Crippen LogP contribution in [0.4, 0.5) is 0 Å². The molecule has 102 valence electrons. The first-order valence-corrected chi connectivity index (χ1v) is 6.90. The third-order valence-electron chi connectivity index (χ3n) is 4.31. The Labute approximate surface area is 114 Å². The molecule has 0 fully saturated rings. The summed E-state index contributed by atoms with van der Waals surface area (Å²) in [5.74, 6) is 0.717. The number of benzene rings is 1. The van der Waals surface area contributed by atoms with Gasteiger partial charge >= 0.3 is 0 Å². The van der Waals surface area contributed by atoms with Crippen LogP contribution in [0.1, 0.15) is 11.1 Å². The third-order valence-corrected chi connectivity index (χ3v) is 4.31. The van der Waals surface area contributed by atoms with Gasteiger partial charge in [-0.05, 0) is 38.1 Å². The van der Waals surface area contributed by atoms with E-state index in [9.17, 15) is 0 Å². The number of fused-ring (bicyclic) bond motifs is 1. The smallest absolute Gasteiger partial charge is 0.191 e. The topological polar surface area (TPSA) is 44.9 Å². The van der Waals surface area contributed by atoms with Crippen molar-refractivity contribution in [1.82, 2.24) is 9.80 Å². The summed E-state index contributed by atoms with van der Waals surface area (Å²) in [5.41, 5.74) is 9.13. The van der Waals surface area contributed by atoms with Crippen molar-refractivity contribution in [2.24, 2.45) is 10.7 Å². The molecule has 0 amide bonds. The molecule has 0 bridgehead atoms. The van der Waals surface area contributed by atoms with Gasteiger partial charge in [0.25, 0.3) is 0 Å². The maximum absolute atomic E-state index is 6.11. The fourth-order valence-electron chi connectivity index (χ4n) is 3.27. The zero-order chi connectivity index (χ0) is 13.5. The fraction of sp³-hybridized carbons (Fsp3) is 0.533. The second kappa shape index (κ2) is 4.53. The van der Waals surface area contributed by atoms with Gasteiger partial charge in [0.15, 0.2) is 5.96 Å². The average molecular weight is 258 g/mol. The lowest BCUT2D eigenvalue weighted by Crippen LogP contribution is -2.54. The molecular formula is C15H22N4. The highest BCUT2D eigenvalue weighted by molar-refractivity contribution is 5.81. The predicted octanol–water partition coefficient (Wildman–Crippen LogP) is 0.716. The minimum absolute atomic E-state index is 0.101. The fourth-order valence-corrected chi connectivity index (χ4v) is 3.27. The molecule has 0 atom stereocenters. The molecule has 0 unspecified atom stereocenters. The first-order valence-electron chi connectivity index (χ1n) is 6.90. The molecule has 0 saturated heterocycles. The Hall–Kier alpha value is -1.55. The van der Waals surface area contributed by atoms with E-state index in [1.807, 2.05) is 0 Å². The summed E-state index contributed by atoms with van der Waals surface area (Å²) in [6.45, 7) is 2.80. The van der Waals surface area contributed by atoms with Crippen molar-refractivity contribution in [3.63, 3.8) is 0 Å². The molecule has 1 heterocycles. The molecular weight excluding hydrogens is 236 g/mol. The highest BCUT2D eigenvalue weighted by atomic mass is 15.4. The first kappa shape index (κ1) is 12.5. The predicted molar refractivity (Wildman–Crippen MR) is 78.3 cm³/mol. The maximum Gasteiger partial charge on any atom is 0.191 e. The van der Waals surface area contributed by atoms with Gasteiger partial charge in [-0.2, -0.15) is 0 Å². The number of nitrogens with zero attached hydrogens (tertiary/aromatic N) is 3. The highest BCUT2D eigenvalue weighted by Crippen LogP contribution is 2.37. The summed E-state index contributed by atoms with van der Waals surface area (Å²) < 4.78 is 0. The van der Waals surface area contributed by atoms with Crippen molar-refractivity contribution in [1.29, 1.82) is 0 Å². The van der Waals surface area contributed by atoms with Crippen LogP contribution >= 0.6 is 0 Å². The van der Waals surface area contributed by atoms with Gasteiger partial charge < -0.3 is 15.5 Å². The van der Waals surface area contributed by atoms with Crippen LogP contribution in [0.3, 0.4) is 0 Å². The van der Waals surface area contributed by atoms with E-state index in [2.05, 4.69) is 53.2 Å².